The molecule has 2 bridgehead atoms. The molecule has 2 N–H and O–H groups in total. The molecule has 4 aliphatic rings. The Labute approximate surface area is 248 Å². The number of hydrogen-bond acceptors (Lipinski definition) is 5. The number of phenolic OH excluding ortho intramolecular Hbond substituents is 1. The first-order chi connectivity index (χ1) is 20.2. The molecule has 1 spiro atoms. The van der Waals surface area contributed by atoms with Crippen molar-refractivity contribution in [3.05, 3.63) is 101 Å². The zero-order valence-corrected chi connectivity index (χ0v) is 24.7. The molecule has 42 heavy (non-hydrogen) atoms. The normalized spacial score (nSPS) is 31.0. The molecule has 2 aliphatic carbocycles. The van der Waals surface area contributed by atoms with Gasteiger partial charge in [0.1, 0.15) is 6.10 Å². The second-order valence-electron chi connectivity index (χ2n) is 13.0. The first kappa shape index (κ1) is 27.2. The van der Waals surface area contributed by atoms with Gasteiger partial charge in [0.05, 0.1) is 17.1 Å². The van der Waals surface area contributed by atoms with Crippen molar-refractivity contribution in [2.45, 2.75) is 68.7 Å². The highest BCUT2D eigenvalue weighted by Crippen LogP contribution is 2.66. The summed E-state index contributed by atoms with van der Waals surface area (Å²) < 4.78 is 6.73. The molecule has 3 aromatic rings. The maximum absolute atomic E-state index is 13.6. The van der Waals surface area contributed by atoms with E-state index in [9.17, 15) is 15.0 Å². The Balaban J connectivity index is 1.24. The van der Waals surface area contributed by atoms with Gasteiger partial charge in [-0.2, -0.15) is 0 Å². The molecule has 6 heteroatoms. The number of aliphatic hydroxyl groups is 1. The van der Waals surface area contributed by atoms with Crippen LogP contribution < -0.4 is 4.74 Å². The summed E-state index contributed by atoms with van der Waals surface area (Å²) in [7, 11) is 1.85. The predicted molar refractivity (Wildman–Crippen MR) is 164 cm³/mol. The van der Waals surface area contributed by atoms with E-state index in [2.05, 4.69) is 42.2 Å². The molecule has 2 heterocycles. The molecular weight excluding hydrogens is 524 g/mol. The average Bonchev–Trinajstić information content (AvgIpc) is 3.32. The van der Waals surface area contributed by atoms with Crippen molar-refractivity contribution in [2.24, 2.45) is 5.92 Å². The predicted octanol–water partition coefficient (Wildman–Crippen LogP) is 4.88. The summed E-state index contributed by atoms with van der Waals surface area (Å²) in [5.41, 5.74) is 3.83. The third-order valence-electron chi connectivity index (χ3n) is 10.7. The molecular formula is C36H40N2O4. The number of benzene rings is 3. The molecule has 0 unspecified atom stereocenters. The fourth-order valence-electron chi connectivity index (χ4n) is 8.85. The lowest BCUT2D eigenvalue weighted by Crippen LogP contribution is -2.79. The van der Waals surface area contributed by atoms with Crippen LogP contribution in [0.25, 0.3) is 6.08 Å². The molecule has 2 fully saturated rings. The number of likely N-dealkylation sites (tertiary alicyclic amines) is 1. The first-order valence-electron chi connectivity index (χ1n) is 15.3. The van der Waals surface area contributed by atoms with Gasteiger partial charge in [-0.05, 0) is 73.9 Å². The van der Waals surface area contributed by atoms with E-state index in [1.54, 1.807) is 12.1 Å². The van der Waals surface area contributed by atoms with Crippen LogP contribution in [0.3, 0.4) is 0 Å². The summed E-state index contributed by atoms with van der Waals surface area (Å²) in [6.07, 6.45) is 5.98. The van der Waals surface area contributed by atoms with Crippen LogP contribution in [0.2, 0.25) is 0 Å². The van der Waals surface area contributed by atoms with Crippen LogP contribution in [0.4, 0.5) is 0 Å². The fourth-order valence-corrected chi connectivity index (χ4v) is 8.85. The molecule has 218 valence electrons. The SMILES string of the molecule is Cc1cccc(C=CC(=O)N(C)[C@@H]2[C@@H](C)C[C@@]3(O)[C@H]4Cc5ccc(O)c6c5[C@@]3(CCN4CCc3ccccc3)[C@H]2O6)c1. The number of hydrogen-bond donors (Lipinski definition) is 2. The molecule has 7 rings (SSSR count). The molecule has 1 amide bonds. The summed E-state index contributed by atoms with van der Waals surface area (Å²) in [6.45, 7) is 5.88. The van der Waals surface area contributed by atoms with E-state index in [1.165, 1.54) is 5.56 Å². The molecule has 0 aromatic heterocycles. The van der Waals surface area contributed by atoms with Gasteiger partial charge >= 0.3 is 0 Å². The Hall–Kier alpha value is -3.61. The van der Waals surface area contributed by atoms with Gasteiger partial charge in [0.15, 0.2) is 11.5 Å². The lowest BCUT2D eigenvalue weighted by Gasteiger charge is -2.66. The fraction of sp³-hybridized carbons (Fsp3) is 0.417. The number of piperidine rings is 1. The van der Waals surface area contributed by atoms with Gasteiger partial charge in [0.25, 0.3) is 0 Å². The number of aromatic hydroxyl groups is 1. The Bertz CT molecular complexity index is 1550. The minimum atomic E-state index is -1.03. The number of carbonyl (C=O) groups excluding carboxylic acids is 1. The van der Waals surface area contributed by atoms with Crippen LogP contribution in [0.1, 0.15) is 47.6 Å². The highest BCUT2D eigenvalue weighted by atomic mass is 16.5. The molecule has 6 nitrogen and oxygen atoms in total. The second kappa shape index (κ2) is 9.99. The van der Waals surface area contributed by atoms with Crippen LogP contribution in [0.5, 0.6) is 11.5 Å². The molecule has 0 radical (unpaired) electrons. The highest BCUT2D eigenvalue weighted by molar-refractivity contribution is 5.92. The van der Waals surface area contributed by atoms with Crippen molar-refractivity contribution >= 4 is 12.0 Å². The van der Waals surface area contributed by atoms with E-state index in [0.29, 0.717) is 18.6 Å². The summed E-state index contributed by atoms with van der Waals surface area (Å²) >= 11 is 0. The molecule has 2 aliphatic heterocycles. The Kier molecular flexibility index (Phi) is 6.48. The monoisotopic (exact) mass is 564 g/mol. The van der Waals surface area contributed by atoms with E-state index in [0.717, 1.165) is 48.2 Å². The van der Waals surface area contributed by atoms with Gasteiger partial charge < -0.3 is 19.8 Å². The zero-order chi connectivity index (χ0) is 29.2. The zero-order valence-electron chi connectivity index (χ0n) is 24.7. The number of ether oxygens (including phenoxy) is 1. The lowest BCUT2D eigenvalue weighted by atomic mass is 9.46. The quantitative estimate of drug-likeness (QED) is 0.418. The standard InChI is InChI=1S/C36H40N2O4/c1-23-8-7-11-26(20-23)12-15-30(40)37(3)32-24(2)22-36(41)29-21-27-13-14-28(39)33-31(27)35(36,34(32)42-33)17-19-38(29)18-16-25-9-5-4-6-10-25/h4-15,20,24,29,32,34,39,41H,16-19,21-22H2,1-3H3/t24-,29+,32+,34-,35-,36+/m0/s1. The minimum absolute atomic E-state index is 0.0102. The van der Waals surface area contributed by atoms with Gasteiger partial charge in [-0.3, -0.25) is 9.69 Å². The Morgan fingerprint density at radius 2 is 1.95 bits per heavy atom. The minimum Gasteiger partial charge on any atom is -0.504 e. The summed E-state index contributed by atoms with van der Waals surface area (Å²) in [4.78, 5) is 17.9. The molecule has 1 saturated carbocycles. The third kappa shape index (κ3) is 3.95. The Morgan fingerprint density at radius 1 is 1.14 bits per heavy atom. The number of amides is 1. The van der Waals surface area contributed by atoms with Crippen molar-refractivity contribution < 1.29 is 19.7 Å². The van der Waals surface area contributed by atoms with Gasteiger partial charge in [-0.25, -0.2) is 0 Å². The van der Waals surface area contributed by atoms with E-state index in [1.807, 2.05) is 55.3 Å². The van der Waals surface area contributed by atoms with E-state index in [-0.39, 0.29) is 29.7 Å². The number of rotatable bonds is 6. The van der Waals surface area contributed by atoms with Crippen LogP contribution in [0, 0.1) is 12.8 Å². The van der Waals surface area contributed by atoms with Crippen molar-refractivity contribution in [3.8, 4) is 11.5 Å². The van der Waals surface area contributed by atoms with Crippen LogP contribution in [-0.2, 0) is 23.1 Å². The third-order valence-corrected chi connectivity index (χ3v) is 10.7. The topological polar surface area (TPSA) is 73.2 Å². The van der Waals surface area contributed by atoms with Crippen LogP contribution in [0.15, 0.2) is 72.8 Å². The van der Waals surface area contributed by atoms with Gasteiger partial charge in [-0.15, -0.1) is 0 Å². The summed E-state index contributed by atoms with van der Waals surface area (Å²) in [5.74, 6) is 0.516. The largest absolute Gasteiger partial charge is 0.504 e. The molecule has 3 aromatic carbocycles. The number of carbonyl (C=O) groups is 1. The van der Waals surface area contributed by atoms with E-state index >= 15 is 0 Å². The van der Waals surface area contributed by atoms with Crippen molar-refractivity contribution in [1.82, 2.24) is 9.80 Å². The highest BCUT2D eigenvalue weighted by Gasteiger charge is 2.74. The number of nitrogens with zero attached hydrogens (tertiary/aromatic N) is 2. The summed E-state index contributed by atoms with van der Waals surface area (Å²) in [5, 5.41) is 23.9. The number of likely N-dealkylation sites (N-methyl/N-ethyl adjacent to an activating group) is 1. The molecule has 1 saturated heterocycles. The lowest BCUT2D eigenvalue weighted by molar-refractivity contribution is -0.211. The van der Waals surface area contributed by atoms with Crippen molar-refractivity contribution in [3.63, 3.8) is 0 Å². The molecule has 6 atom stereocenters. The van der Waals surface area contributed by atoms with Gasteiger partial charge in [0.2, 0.25) is 5.91 Å². The van der Waals surface area contributed by atoms with Crippen LogP contribution >= 0.6 is 0 Å². The van der Waals surface area contributed by atoms with Crippen molar-refractivity contribution in [2.75, 3.05) is 20.1 Å². The Morgan fingerprint density at radius 3 is 2.74 bits per heavy atom. The van der Waals surface area contributed by atoms with E-state index < -0.39 is 17.1 Å². The average molecular weight is 565 g/mol. The second-order valence-corrected chi connectivity index (χ2v) is 13.0. The number of aryl methyl sites for hydroxylation is 1. The van der Waals surface area contributed by atoms with Crippen molar-refractivity contribution in [1.29, 1.82) is 0 Å². The summed E-state index contributed by atoms with van der Waals surface area (Å²) in [6, 6.07) is 22.0. The first-order valence-corrected chi connectivity index (χ1v) is 15.3. The van der Waals surface area contributed by atoms with E-state index in [4.69, 9.17) is 4.74 Å². The van der Waals surface area contributed by atoms with Gasteiger partial charge in [0, 0.05) is 31.3 Å². The van der Waals surface area contributed by atoms with Crippen LogP contribution in [-0.4, -0.2) is 69.8 Å². The number of phenols is 1. The van der Waals surface area contributed by atoms with Gasteiger partial charge in [-0.1, -0.05) is 73.2 Å². The maximum atomic E-state index is 13.6. The smallest absolute Gasteiger partial charge is 0.246 e. The maximum Gasteiger partial charge on any atom is 0.246 e.